The molecule has 2 N–H and O–H groups in total. The number of hydrogen-bond donors (Lipinski definition) is 2. The Hall–Kier alpha value is -4.24. The molecular weight excluding hydrogens is 483 g/mol. The Morgan fingerprint density at radius 1 is 1.03 bits per heavy atom. The van der Waals surface area contributed by atoms with Gasteiger partial charge in [-0.2, -0.15) is 9.97 Å². The van der Waals surface area contributed by atoms with Gasteiger partial charge in [-0.05, 0) is 47.4 Å². The average molecular weight is 511 g/mol. The van der Waals surface area contributed by atoms with E-state index in [1.807, 2.05) is 41.9 Å². The minimum absolute atomic E-state index is 0.0815. The minimum atomic E-state index is -0.467. The first-order valence-corrected chi connectivity index (χ1v) is 12.8. The Morgan fingerprint density at radius 3 is 2.63 bits per heavy atom. The number of phenols is 1. The largest absolute Gasteiger partial charge is 0.508 e. The van der Waals surface area contributed by atoms with Gasteiger partial charge >= 0.3 is 6.01 Å². The summed E-state index contributed by atoms with van der Waals surface area (Å²) in [6.07, 6.45) is 5.67. The van der Waals surface area contributed by atoms with Crippen LogP contribution in [0.1, 0.15) is 18.5 Å². The van der Waals surface area contributed by atoms with Crippen LogP contribution in [-0.2, 0) is 13.7 Å². The second kappa shape index (κ2) is 8.95. The summed E-state index contributed by atoms with van der Waals surface area (Å²) in [5.41, 5.74) is 2.03. The highest BCUT2D eigenvalue weighted by atomic mass is 19.1. The molecule has 38 heavy (non-hydrogen) atoms. The van der Waals surface area contributed by atoms with Gasteiger partial charge in [0.25, 0.3) is 0 Å². The normalized spacial score (nSPS) is 18.9. The Labute approximate surface area is 218 Å². The Morgan fingerprint density at radius 2 is 1.84 bits per heavy atom. The number of rotatable bonds is 5. The molecule has 2 unspecified atom stereocenters. The number of ether oxygens (including phenoxy) is 1. The van der Waals surface area contributed by atoms with Gasteiger partial charge in [0.05, 0.1) is 18.2 Å². The zero-order chi connectivity index (χ0) is 25.8. The lowest BCUT2D eigenvalue weighted by Crippen LogP contribution is -2.51. The van der Waals surface area contributed by atoms with E-state index in [4.69, 9.17) is 9.72 Å². The molecule has 7 rings (SSSR count). The molecular formula is C29H27FN6O2. The molecule has 0 saturated carbocycles. The molecule has 192 valence electrons. The van der Waals surface area contributed by atoms with Crippen LogP contribution in [-0.4, -0.2) is 49.8 Å². The van der Waals surface area contributed by atoms with Gasteiger partial charge in [0, 0.05) is 43.2 Å². The van der Waals surface area contributed by atoms with Crippen molar-refractivity contribution >= 4 is 27.5 Å². The van der Waals surface area contributed by atoms with Crippen molar-refractivity contribution in [3.05, 3.63) is 72.6 Å². The predicted octanol–water partition coefficient (Wildman–Crippen LogP) is 4.55. The first kappa shape index (κ1) is 22.9. The first-order valence-electron chi connectivity index (χ1n) is 12.8. The van der Waals surface area contributed by atoms with Crippen LogP contribution < -0.4 is 15.0 Å². The molecule has 2 saturated heterocycles. The summed E-state index contributed by atoms with van der Waals surface area (Å²) >= 11 is 0. The lowest BCUT2D eigenvalue weighted by molar-refractivity contribution is 0.273. The maximum atomic E-state index is 16.4. The molecule has 2 aliphatic heterocycles. The zero-order valence-electron chi connectivity index (χ0n) is 20.9. The molecule has 2 fully saturated rings. The number of benzene rings is 3. The third kappa shape index (κ3) is 3.90. The van der Waals surface area contributed by atoms with Gasteiger partial charge in [0.1, 0.15) is 23.7 Å². The van der Waals surface area contributed by atoms with E-state index < -0.39 is 5.82 Å². The summed E-state index contributed by atoms with van der Waals surface area (Å²) in [7, 11) is 1.89. The van der Waals surface area contributed by atoms with Crippen molar-refractivity contribution in [3.63, 3.8) is 0 Å². The number of aryl methyl sites for hydroxylation is 1. The van der Waals surface area contributed by atoms with Gasteiger partial charge < -0.3 is 24.6 Å². The minimum Gasteiger partial charge on any atom is -0.508 e. The number of fused-ring (bicyclic) bond motifs is 4. The van der Waals surface area contributed by atoms with Gasteiger partial charge in [-0.25, -0.2) is 9.37 Å². The Kier molecular flexibility index (Phi) is 5.40. The van der Waals surface area contributed by atoms with Crippen LogP contribution >= 0.6 is 0 Å². The molecule has 9 heteroatoms. The number of imidazole rings is 1. The predicted molar refractivity (Wildman–Crippen MR) is 144 cm³/mol. The maximum absolute atomic E-state index is 16.4. The SMILES string of the molecule is Cn1cncc1COc1nc(N2CC3CCC(C2)N3)c2ccc(-c3cc(O)cc4ccccc34)c(F)c2n1. The number of halogens is 1. The van der Waals surface area contributed by atoms with E-state index in [1.165, 1.54) is 0 Å². The van der Waals surface area contributed by atoms with Crippen LogP contribution in [0.15, 0.2) is 61.1 Å². The summed E-state index contributed by atoms with van der Waals surface area (Å²) < 4.78 is 24.3. The van der Waals surface area contributed by atoms with Gasteiger partial charge in [-0.3, -0.25) is 0 Å². The van der Waals surface area contributed by atoms with Crippen LogP contribution in [0.5, 0.6) is 11.8 Å². The number of aromatic nitrogens is 4. The van der Waals surface area contributed by atoms with E-state index in [0.29, 0.717) is 34.4 Å². The molecule has 0 amide bonds. The Balaban J connectivity index is 1.38. The molecule has 5 aromatic rings. The van der Waals surface area contributed by atoms with Crippen molar-refractivity contribution in [2.24, 2.45) is 7.05 Å². The fraction of sp³-hybridized carbons (Fsp3) is 0.276. The lowest BCUT2D eigenvalue weighted by Gasteiger charge is -2.34. The number of aromatic hydroxyl groups is 1. The monoisotopic (exact) mass is 510 g/mol. The van der Waals surface area contributed by atoms with E-state index in [0.717, 1.165) is 42.4 Å². The summed E-state index contributed by atoms with van der Waals surface area (Å²) in [6.45, 7) is 1.81. The van der Waals surface area contributed by atoms with Crippen molar-refractivity contribution in [1.29, 1.82) is 0 Å². The molecule has 2 aliphatic rings. The number of anilines is 1. The zero-order valence-corrected chi connectivity index (χ0v) is 20.9. The van der Waals surface area contributed by atoms with E-state index in [9.17, 15) is 5.11 Å². The molecule has 0 aliphatic carbocycles. The molecule has 2 atom stereocenters. The Bertz CT molecular complexity index is 1670. The molecule has 0 spiro atoms. The molecule has 4 heterocycles. The van der Waals surface area contributed by atoms with E-state index in [2.05, 4.69) is 20.2 Å². The fourth-order valence-corrected chi connectivity index (χ4v) is 5.79. The molecule has 8 nitrogen and oxygen atoms in total. The smallest absolute Gasteiger partial charge is 0.319 e. The second-order valence-corrected chi connectivity index (χ2v) is 10.2. The summed E-state index contributed by atoms with van der Waals surface area (Å²) in [6, 6.07) is 15.5. The van der Waals surface area contributed by atoms with Gasteiger partial charge in [-0.1, -0.05) is 30.3 Å². The molecule has 0 radical (unpaired) electrons. The number of nitrogens with one attached hydrogen (secondary N) is 1. The van der Waals surface area contributed by atoms with Crippen LogP contribution in [0.4, 0.5) is 10.2 Å². The van der Waals surface area contributed by atoms with Crippen LogP contribution in [0.2, 0.25) is 0 Å². The number of hydrogen-bond acceptors (Lipinski definition) is 7. The number of phenolic OH excluding ortho intramolecular Hbond substituents is 1. The van der Waals surface area contributed by atoms with E-state index in [-0.39, 0.29) is 23.9 Å². The maximum Gasteiger partial charge on any atom is 0.319 e. The third-order valence-electron chi connectivity index (χ3n) is 7.68. The summed E-state index contributed by atoms with van der Waals surface area (Å²) in [5.74, 6) is 0.295. The van der Waals surface area contributed by atoms with E-state index in [1.54, 1.807) is 30.7 Å². The average Bonchev–Trinajstić information content (AvgIpc) is 3.50. The summed E-state index contributed by atoms with van der Waals surface area (Å²) in [4.78, 5) is 15.7. The topological polar surface area (TPSA) is 88.3 Å². The standard InChI is InChI=1S/C29H27FN6O2/c1-35-16-31-12-20(35)15-38-29-33-27-24(28(34-29)36-13-18-6-7-19(14-36)32-18)9-8-23(26(27)30)25-11-21(37)10-17-4-2-3-5-22(17)25/h2-5,8-12,16,18-19,32,37H,6-7,13-15H2,1H3. The molecule has 2 bridgehead atoms. The van der Waals surface area contributed by atoms with E-state index >= 15 is 4.39 Å². The second-order valence-electron chi connectivity index (χ2n) is 10.2. The van der Waals surface area contributed by atoms with Crippen molar-refractivity contribution in [2.45, 2.75) is 31.5 Å². The van der Waals surface area contributed by atoms with Gasteiger partial charge in [-0.15, -0.1) is 0 Å². The van der Waals surface area contributed by atoms with Crippen molar-refractivity contribution in [3.8, 4) is 22.9 Å². The number of nitrogens with zero attached hydrogens (tertiary/aromatic N) is 5. The molecule has 3 aromatic carbocycles. The quantitative estimate of drug-likeness (QED) is 0.359. The van der Waals surface area contributed by atoms with Crippen LogP contribution in [0.25, 0.3) is 32.8 Å². The van der Waals surface area contributed by atoms with Crippen molar-refractivity contribution < 1.29 is 14.2 Å². The first-order chi connectivity index (χ1) is 18.5. The van der Waals surface area contributed by atoms with Gasteiger partial charge in [0.15, 0.2) is 5.82 Å². The highest BCUT2D eigenvalue weighted by Crippen LogP contribution is 2.39. The van der Waals surface area contributed by atoms with Gasteiger partial charge in [0.2, 0.25) is 0 Å². The number of piperazine rings is 1. The van der Waals surface area contributed by atoms with Crippen molar-refractivity contribution in [1.82, 2.24) is 24.8 Å². The van der Waals surface area contributed by atoms with Crippen molar-refractivity contribution in [2.75, 3.05) is 18.0 Å². The fourth-order valence-electron chi connectivity index (χ4n) is 5.79. The highest BCUT2D eigenvalue weighted by Gasteiger charge is 2.34. The van der Waals surface area contributed by atoms with Crippen LogP contribution in [0, 0.1) is 5.82 Å². The summed E-state index contributed by atoms with van der Waals surface area (Å²) in [5, 5.41) is 16.4. The third-order valence-corrected chi connectivity index (χ3v) is 7.68. The highest BCUT2D eigenvalue weighted by molar-refractivity contribution is 6.01. The molecule has 2 aromatic heterocycles. The van der Waals surface area contributed by atoms with Crippen LogP contribution in [0.3, 0.4) is 0 Å². The lowest BCUT2D eigenvalue weighted by atomic mass is 9.96.